The van der Waals surface area contributed by atoms with Gasteiger partial charge >= 0.3 is 0 Å². The molecule has 0 fully saturated rings. The van der Waals surface area contributed by atoms with Crippen molar-refractivity contribution in [3.8, 4) is 0 Å². The molecule has 0 amide bonds. The second-order valence-electron chi connectivity index (χ2n) is 2.43. The molecule has 0 bridgehead atoms. The lowest BCUT2D eigenvalue weighted by Crippen LogP contribution is -2.26. The van der Waals surface area contributed by atoms with Crippen LogP contribution in [-0.2, 0) is 11.1 Å². The van der Waals surface area contributed by atoms with Gasteiger partial charge < -0.3 is 10.3 Å². The molecule has 9 heavy (non-hydrogen) atoms. The lowest BCUT2D eigenvalue weighted by molar-refractivity contribution is 0.493. The van der Waals surface area contributed by atoms with Crippen LogP contribution in [0.25, 0.3) is 0 Å². The molecule has 0 aromatic carbocycles. The van der Waals surface area contributed by atoms with Crippen molar-refractivity contribution in [1.82, 2.24) is 0 Å². The monoisotopic (exact) mass is 150 g/mol. The Kier molecular flexibility index (Phi) is 4.01. The third-order valence-electron chi connectivity index (χ3n) is 0.951. The molecule has 56 valence electrons. The number of rotatable bonds is 3. The molecule has 4 heteroatoms. The molecule has 0 aliphatic carbocycles. The fourth-order valence-corrected chi connectivity index (χ4v) is 1.09. The first-order valence-corrected chi connectivity index (χ1v) is 4.01. The molecule has 2 unspecified atom stereocenters. The van der Waals surface area contributed by atoms with Gasteiger partial charge in [-0.05, 0) is 23.4 Å². The van der Waals surface area contributed by atoms with Gasteiger partial charge in [-0.15, -0.1) is 0 Å². The Hall–Kier alpha value is 0.0700. The van der Waals surface area contributed by atoms with Crippen molar-refractivity contribution < 1.29 is 8.76 Å². The standard InChI is InChI=1S/C5H13NO2S/c1-4(2)3-5(6)9(7)8/h4-5H,3,6H2,1-2H3,(H,7,8)/p-1. The van der Waals surface area contributed by atoms with Crippen LogP contribution < -0.4 is 5.73 Å². The van der Waals surface area contributed by atoms with Crippen molar-refractivity contribution in [2.45, 2.75) is 25.6 Å². The van der Waals surface area contributed by atoms with Crippen LogP contribution in [0.15, 0.2) is 0 Å². The summed E-state index contributed by atoms with van der Waals surface area (Å²) in [6.07, 6.45) is 0.538. The van der Waals surface area contributed by atoms with Crippen LogP contribution in [0.3, 0.4) is 0 Å². The minimum atomic E-state index is -2.10. The minimum absolute atomic E-state index is 0.345. The Morgan fingerprint density at radius 2 is 2.11 bits per heavy atom. The zero-order valence-electron chi connectivity index (χ0n) is 5.66. The Labute approximate surface area is 57.9 Å². The molecule has 0 saturated heterocycles. The van der Waals surface area contributed by atoms with Gasteiger partial charge in [-0.3, -0.25) is 4.21 Å². The lowest BCUT2D eigenvalue weighted by atomic mass is 10.1. The predicted molar refractivity (Wildman–Crippen MR) is 36.4 cm³/mol. The van der Waals surface area contributed by atoms with Crippen LogP contribution in [0.4, 0.5) is 0 Å². The van der Waals surface area contributed by atoms with Crippen LogP contribution in [-0.4, -0.2) is 14.1 Å². The van der Waals surface area contributed by atoms with Gasteiger partial charge in [0.15, 0.2) is 0 Å². The average molecular weight is 150 g/mol. The summed E-state index contributed by atoms with van der Waals surface area (Å²) in [6.45, 7) is 3.87. The van der Waals surface area contributed by atoms with Gasteiger partial charge in [-0.2, -0.15) is 0 Å². The van der Waals surface area contributed by atoms with Crippen LogP contribution in [0.2, 0.25) is 0 Å². The van der Waals surface area contributed by atoms with E-state index in [0.717, 1.165) is 0 Å². The first kappa shape index (κ1) is 9.07. The van der Waals surface area contributed by atoms with Crippen LogP contribution in [0, 0.1) is 5.92 Å². The highest BCUT2D eigenvalue weighted by Gasteiger charge is 2.03. The van der Waals surface area contributed by atoms with E-state index in [0.29, 0.717) is 12.3 Å². The fraction of sp³-hybridized carbons (Fsp3) is 1.00. The molecule has 0 radical (unpaired) electrons. The second-order valence-corrected chi connectivity index (χ2v) is 3.55. The summed E-state index contributed by atoms with van der Waals surface area (Å²) >= 11 is -2.10. The molecule has 2 N–H and O–H groups in total. The van der Waals surface area contributed by atoms with Gasteiger partial charge in [0, 0.05) is 0 Å². The third kappa shape index (κ3) is 4.57. The van der Waals surface area contributed by atoms with Crippen molar-refractivity contribution in [2.24, 2.45) is 11.7 Å². The largest absolute Gasteiger partial charge is 0.771 e. The normalized spacial score (nSPS) is 17.9. The van der Waals surface area contributed by atoms with Crippen molar-refractivity contribution in [3.63, 3.8) is 0 Å². The predicted octanol–water partition coefficient (Wildman–Crippen LogP) is 0.196. The van der Waals surface area contributed by atoms with Crippen LogP contribution >= 0.6 is 0 Å². The van der Waals surface area contributed by atoms with Gasteiger partial charge in [0.25, 0.3) is 0 Å². The SMILES string of the molecule is CC(C)CC(N)S(=O)[O-]. The van der Waals surface area contributed by atoms with E-state index in [2.05, 4.69) is 0 Å². The van der Waals surface area contributed by atoms with E-state index in [1.54, 1.807) is 0 Å². The zero-order chi connectivity index (χ0) is 7.44. The molecule has 0 spiro atoms. The van der Waals surface area contributed by atoms with E-state index < -0.39 is 16.5 Å². The number of hydrogen-bond donors (Lipinski definition) is 1. The molecule has 0 aliphatic rings. The summed E-state index contributed by atoms with van der Waals surface area (Å²) in [5.41, 5.74) is 5.20. The number of hydrogen-bond acceptors (Lipinski definition) is 3. The molecular formula is C5H12NO2S-. The Morgan fingerprint density at radius 3 is 2.22 bits per heavy atom. The van der Waals surface area contributed by atoms with E-state index in [-0.39, 0.29) is 0 Å². The average Bonchev–Trinajstić information content (AvgIpc) is 1.63. The van der Waals surface area contributed by atoms with E-state index in [9.17, 15) is 8.76 Å². The van der Waals surface area contributed by atoms with Gasteiger partial charge in [-0.25, -0.2) is 0 Å². The van der Waals surface area contributed by atoms with Crippen LogP contribution in [0.1, 0.15) is 20.3 Å². The molecular weight excluding hydrogens is 138 g/mol. The van der Waals surface area contributed by atoms with Gasteiger partial charge in [0.1, 0.15) is 0 Å². The van der Waals surface area contributed by atoms with Crippen molar-refractivity contribution in [2.75, 3.05) is 0 Å². The third-order valence-corrected chi connectivity index (χ3v) is 1.64. The van der Waals surface area contributed by atoms with E-state index in [1.807, 2.05) is 13.8 Å². The Morgan fingerprint density at radius 1 is 1.67 bits per heavy atom. The highest BCUT2D eigenvalue weighted by molar-refractivity contribution is 7.79. The highest BCUT2D eigenvalue weighted by atomic mass is 32.2. The Bertz CT molecular complexity index is 105. The first-order chi connectivity index (χ1) is 4.04. The van der Waals surface area contributed by atoms with Crippen molar-refractivity contribution in [1.29, 1.82) is 0 Å². The maximum absolute atomic E-state index is 10.1. The maximum Gasteiger partial charge on any atom is 0.0679 e. The summed E-state index contributed by atoms with van der Waals surface area (Å²) < 4.78 is 20.2. The smallest absolute Gasteiger partial charge is 0.0679 e. The Balaban J connectivity index is 3.50. The summed E-state index contributed by atoms with van der Waals surface area (Å²) in [7, 11) is 0. The van der Waals surface area contributed by atoms with Crippen LogP contribution in [0.5, 0.6) is 0 Å². The van der Waals surface area contributed by atoms with E-state index >= 15 is 0 Å². The summed E-state index contributed by atoms with van der Waals surface area (Å²) in [5.74, 6) is 0.345. The van der Waals surface area contributed by atoms with E-state index in [1.165, 1.54) is 0 Å². The molecule has 0 rings (SSSR count). The molecule has 0 aliphatic heterocycles. The van der Waals surface area contributed by atoms with Crippen molar-refractivity contribution >= 4 is 11.1 Å². The van der Waals surface area contributed by atoms with Gasteiger partial charge in [0.05, 0.1) is 5.37 Å². The minimum Gasteiger partial charge on any atom is -0.771 e. The number of nitrogens with two attached hydrogens (primary N) is 1. The van der Waals surface area contributed by atoms with Gasteiger partial charge in [0.2, 0.25) is 0 Å². The molecule has 0 aromatic rings. The summed E-state index contributed by atoms with van der Waals surface area (Å²) in [6, 6.07) is 0. The molecule has 0 heterocycles. The molecule has 0 aromatic heterocycles. The van der Waals surface area contributed by atoms with E-state index in [4.69, 9.17) is 5.73 Å². The summed E-state index contributed by atoms with van der Waals surface area (Å²) in [5, 5.41) is -0.690. The molecule has 0 saturated carbocycles. The second kappa shape index (κ2) is 3.98. The zero-order valence-corrected chi connectivity index (χ0v) is 6.48. The first-order valence-electron chi connectivity index (χ1n) is 2.87. The lowest BCUT2D eigenvalue weighted by Gasteiger charge is -2.15. The van der Waals surface area contributed by atoms with Gasteiger partial charge in [-0.1, -0.05) is 13.8 Å². The summed E-state index contributed by atoms with van der Waals surface area (Å²) in [4.78, 5) is 0. The highest BCUT2D eigenvalue weighted by Crippen LogP contribution is 2.03. The topological polar surface area (TPSA) is 66.2 Å². The molecule has 3 nitrogen and oxygen atoms in total. The fourth-order valence-electron chi connectivity index (χ4n) is 0.543. The molecule has 2 atom stereocenters. The quantitative estimate of drug-likeness (QED) is 0.584. The maximum atomic E-state index is 10.1. The van der Waals surface area contributed by atoms with Crippen molar-refractivity contribution in [3.05, 3.63) is 0 Å².